The fourth-order valence-electron chi connectivity index (χ4n) is 0.403. The molecular weight excluding hydrogens is 243 g/mol. The molecule has 0 aliphatic carbocycles. The first-order valence-corrected chi connectivity index (χ1v) is 2.11. The van der Waals surface area contributed by atoms with Gasteiger partial charge in [0.05, 0.1) is 0 Å². The Balaban J connectivity index is -0.0000000337. The predicted octanol–water partition coefficient (Wildman–Crippen LogP) is -10.9. The smallest absolute Gasteiger partial charge is 1.00 e. The van der Waals surface area contributed by atoms with Crippen molar-refractivity contribution in [1.82, 2.24) is 15.0 Å². The fraction of sp³-hybridized carbons (Fsp3) is 0. The SMILES string of the molecule is O=c1[nH]c(=O)[nH]c(=O)[nH]1.[H-].[H-].[H-].[K+].[K+].[K+]. The van der Waals surface area contributed by atoms with E-state index in [4.69, 9.17) is 0 Å². The number of aromatic nitrogens is 3. The predicted molar refractivity (Wildman–Crippen MR) is 31.6 cm³/mol. The molecule has 9 heteroatoms. The van der Waals surface area contributed by atoms with Gasteiger partial charge >= 0.3 is 171 Å². The molecule has 0 aromatic carbocycles. The summed E-state index contributed by atoms with van der Waals surface area (Å²) < 4.78 is 0. The van der Waals surface area contributed by atoms with Crippen molar-refractivity contribution in [2.75, 3.05) is 0 Å². The molecule has 1 rings (SSSR count). The van der Waals surface area contributed by atoms with Gasteiger partial charge in [-0.2, -0.15) is 0 Å². The Labute approximate surface area is 199 Å². The molecule has 0 saturated heterocycles. The monoisotopic (exact) mass is 249 g/mol. The zero-order chi connectivity index (χ0) is 6.85. The van der Waals surface area contributed by atoms with Crippen LogP contribution in [0.3, 0.4) is 0 Å². The van der Waals surface area contributed by atoms with Crippen LogP contribution in [-0.4, -0.2) is 15.0 Å². The number of rotatable bonds is 0. The molecule has 6 nitrogen and oxygen atoms in total. The Morgan fingerprint density at radius 2 is 0.833 bits per heavy atom. The minimum Gasteiger partial charge on any atom is -1.00 e. The summed E-state index contributed by atoms with van der Waals surface area (Å²) in [5.74, 6) is 0. The Bertz CT molecular complexity index is 297. The van der Waals surface area contributed by atoms with E-state index in [2.05, 4.69) is 0 Å². The van der Waals surface area contributed by atoms with Gasteiger partial charge in [0.25, 0.3) is 0 Å². The van der Waals surface area contributed by atoms with Gasteiger partial charge in [0, 0.05) is 0 Å². The summed E-state index contributed by atoms with van der Waals surface area (Å²) in [4.78, 5) is 35.9. The van der Waals surface area contributed by atoms with Gasteiger partial charge in [0.15, 0.2) is 0 Å². The second-order valence-corrected chi connectivity index (χ2v) is 1.36. The van der Waals surface area contributed by atoms with E-state index >= 15 is 0 Å². The third-order valence-corrected chi connectivity index (χ3v) is 0.681. The number of hydrogen-bond donors (Lipinski definition) is 3. The number of nitrogens with one attached hydrogen (secondary N) is 3. The van der Waals surface area contributed by atoms with Crippen LogP contribution in [0.4, 0.5) is 0 Å². The standard InChI is InChI=1S/C3H3N3O3.3K.3H/c7-1-4-2(8)6-3(9)5-1;;;;;;/h(H3,4,5,6,7,8,9);;;;;;/q;3*+1;3*-1. The third-order valence-electron chi connectivity index (χ3n) is 0.681. The van der Waals surface area contributed by atoms with Crippen molar-refractivity contribution in [1.29, 1.82) is 0 Å². The maximum absolute atomic E-state index is 10.2. The molecule has 0 amide bonds. The van der Waals surface area contributed by atoms with E-state index in [1.54, 1.807) is 15.0 Å². The molecule has 1 aromatic heterocycles. The van der Waals surface area contributed by atoms with Crippen LogP contribution >= 0.6 is 0 Å². The van der Waals surface area contributed by atoms with Gasteiger partial charge in [0.1, 0.15) is 0 Å². The fourth-order valence-corrected chi connectivity index (χ4v) is 0.403. The van der Waals surface area contributed by atoms with E-state index in [0.717, 1.165) is 0 Å². The Hall–Kier alpha value is 3.32. The number of H-pyrrole nitrogens is 3. The van der Waals surface area contributed by atoms with E-state index < -0.39 is 17.1 Å². The van der Waals surface area contributed by atoms with Crippen molar-refractivity contribution in [2.45, 2.75) is 0 Å². The molecule has 0 aliphatic heterocycles. The molecule has 0 fully saturated rings. The van der Waals surface area contributed by atoms with Crippen LogP contribution in [-0.2, 0) is 0 Å². The zero-order valence-electron chi connectivity index (χ0n) is 10.2. The Morgan fingerprint density at radius 1 is 0.667 bits per heavy atom. The van der Waals surface area contributed by atoms with E-state index in [-0.39, 0.29) is 158 Å². The second kappa shape index (κ2) is 10.8. The van der Waals surface area contributed by atoms with Crippen molar-refractivity contribution in [2.24, 2.45) is 0 Å². The summed E-state index contributed by atoms with van der Waals surface area (Å²) in [7, 11) is 0. The number of aromatic amines is 3. The average molecular weight is 249 g/mol. The van der Waals surface area contributed by atoms with E-state index in [1.807, 2.05) is 0 Å². The van der Waals surface area contributed by atoms with Crippen LogP contribution in [0.15, 0.2) is 14.4 Å². The van der Waals surface area contributed by atoms with Gasteiger partial charge < -0.3 is 4.28 Å². The summed E-state index contributed by atoms with van der Waals surface area (Å²) in [6.45, 7) is 0. The van der Waals surface area contributed by atoms with Crippen LogP contribution in [0.5, 0.6) is 0 Å². The maximum Gasteiger partial charge on any atom is 1.00 e. The summed E-state index contributed by atoms with van der Waals surface area (Å²) in [6.07, 6.45) is 0. The van der Waals surface area contributed by atoms with Crippen LogP contribution < -0.4 is 171 Å². The van der Waals surface area contributed by atoms with E-state index in [9.17, 15) is 14.4 Å². The first kappa shape index (κ1) is 20.7. The molecule has 54 valence electrons. The van der Waals surface area contributed by atoms with Gasteiger partial charge in [-0.1, -0.05) is 0 Å². The topological polar surface area (TPSA) is 98.6 Å². The van der Waals surface area contributed by atoms with Crippen LogP contribution in [0, 0.1) is 0 Å². The molecule has 0 atom stereocenters. The maximum atomic E-state index is 10.2. The first-order chi connectivity index (χ1) is 4.18. The molecule has 0 saturated carbocycles. The minimum absolute atomic E-state index is 0. The van der Waals surface area contributed by atoms with Crippen molar-refractivity contribution in [3.8, 4) is 0 Å². The largest absolute Gasteiger partial charge is 1.00 e. The van der Waals surface area contributed by atoms with Crippen molar-refractivity contribution in [3.05, 3.63) is 31.5 Å². The van der Waals surface area contributed by atoms with Crippen molar-refractivity contribution >= 4 is 0 Å². The summed E-state index contributed by atoms with van der Waals surface area (Å²) in [5.41, 5.74) is -2.41. The summed E-state index contributed by atoms with van der Waals surface area (Å²) in [6, 6.07) is 0. The molecule has 0 bridgehead atoms. The minimum atomic E-state index is -0.802. The van der Waals surface area contributed by atoms with Gasteiger partial charge in [-0.3, -0.25) is 15.0 Å². The van der Waals surface area contributed by atoms with E-state index in [1.165, 1.54) is 0 Å². The van der Waals surface area contributed by atoms with Gasteiger partial charge in [-0.15, -0.1) is 0 Å². The van der Waals surface area contributed by atoms with Crippen molar-refractivity contribution < 1.29 is 158 Å². The quantitative estimate of drug-likeness (QED) is 0.398. The van der Waals surface area contributed by atoms with Gasteiger partial charge in [0.2, 0.25) is 0 Å². The van der Waals surface area contributed by atoms with Crippen LogP contribution in [0.1, 0.15) is 4.28 Å². The van der Waals surface area contributed by atoms with Gasteiger partial charge in [-0.05, 0) is 0 Å². The molecule has 1 aromatic rings. The van der Waals surface area contributed by atoms with Crippen molar-refractivity contribution in [3.63, 3.8) is 0 Å². The number of hydrogen-bond acceptors (Lipinski definition) is 3. The Kier molecular flexibility index (Phi) is 18.7. The summed E-state index contributed by atoms with van der Waals surface area (Å²) >= 11 is 0. The molecule has 0 radical (unpaired) electrons. The Morgan fingerprint density at radius 3 is 1.00 bits per heavy atom. The molecule has 12 heavy (non-hydrogen) atoms. The molecular formula is C3H6K3N3O3. The summed E-state index contributed by atoms with van der Waals surface area (Å²) in [5, 5.41) is 0. The molecule has 0 spiro atoms. The first-order valence-electron chi connectivity index (χ1n) is 2.11. The second-order valence-electron chi connectivity index (χ2n) is 1.36. The van der Waals surface area contributed by atoms with E-state index in [0.29, 0.717) is 0 Å². The third kappa shape index (κ3) is 8.61. The van der Waals surface area contributed by atoms with Gasteiger partial charge in [-0.25, -0.2) is 14.4 Å². The van der Waals surface area contributed by atoms with Crippen LogP contribution in [0.2, 0.25) is 0 Å². The molecule has 1 heterocycles. The molecule has 3 N–H and O–H groups in total. The van der Waals surface area contributed by atoms with Crippen LogP contribution in [0.25, 0.3) is 0 Å². The molecule has 0 aliphatic rings. The normalized spacial score (nSPS) is 7.00. The average Bonchev–Trinajstić information content (AvgIpc) is 1.59. The molecule has 0 unspecified atom stereocenters. The zero-order valence-corrected chi connectivity index (χ0v) is 16.6.